The third-order valence-electron chi connectivity index (χ3n) is 5.88. The largest absolute Gasteiger partial charge is 0.484 e. The summed E-state index contributed by atoms with van der Waals surface area (Å²) >= 11 is 0. The molecule has 4 heteroatoms. The summed E-state index contributed by atoms with van der Waals surface area (Å²) in [5, 5.41) is 5.29. The number of fused-ring (bicyclic) bond motifs is 1. The van der Waals surface area contributed by atoms with E-state index in [1.54, 1.807) is 0 Å². The van der Waals surface area contributed by atoms with Crippen LogP contribution in [-0.4, -0.2) is 25.6 Å². The van der Waals surface area contributed by atoms with Gasteiger partial charge in [-0.2, -0.15) is 0 Å². The summed E-state index contributed by atoms with van der Waals surface area (Å²) in [5.74, 6) is 1.33. The van der Waals surface area contributed by atoms with Crippen molar-refractivity contribution in [1.82, 2.24) is 5.32 Å². The van der Waals surface area contributed by atoms with E-state index in [2.05, 4.69) is 47.5 Å². The lowest BCUT2D eigenvalue weighted by Crippen LogP contribution is -2.34. The molecule has 1 aliphatic rings. The highest BCUT2D eigenvalue weighted by Gasteiger charge is 2.17. The van der Waals surface area contributed by atoms with E-state index in [0.29, 0.717) is 5.75 Å². The van der Waals surface area contributed by atoms with Crippen LogP contribution in [0.25, 0.3) is 10.8 Å². The summed E-state index contributed by atoms with van der Waals surface area (Å²) < 4.78 is 5.70. The van der Waals surface area contributed by atoms with E-state index in [-0.39, 0.29) is 18.6 Å². The monoisotopic (exact) mass is 402 g/mol. The second kappa shape index (κ2) is 9.21. The third-order valence-corrected chi connectivity index (χ3v) is 5.88. The second-order valence-electron chi connectivity index (χ2n) is 8.37. The van der Waals surface area contributed by atoms with E-state index >= 15 is 0 Å². The van der Waals surface area contributed by atoms with Crippen molar-refractivity contribution in [2.45, 2.75) is 32.7 Å². The van der Waals surface area contributed by atoms with Crippen molar-refractivity contribution in [3.63, 3.8) is 0 Å². The number of carbonyl (C=O) groups is 1. The quantitative estimate of drug-likeness (QED) is 0.606. The van der Waals surface area contributed by atoms with Crippen LogP contribution in [0, 0.1) is 5.92 Å². The molecule has 4 rings (SSSR count). The number of hydrogen-bond acceptors (Lipinski definition) is 3. The van der Waals surface area contributed by atoms with Crippen LogP contribution < -0.4 is 15.0 Å². The van der Waals surface area contributed by atoms with Crippen molar-refractivity contribution in [2.75, 3.05) is 24.6 Å². The van der Waals surface area contributed by atoms with E-state index in [1.807, 2.05) is 43.3 Å². The van der Waals surface area contributed by atoms with Crippen LogP contribution in [0.1, 0.15) is 38.3 Å². The van der Waals surface area contributed by atoms with Crippen molar-refractivity contribution >= 4 is 22.4 Å². The smallest absolute Gasteiger partial charge is 0.258 e. The van der Waals surface area contributed by atoms with Gasteiger partial charge < -0.3 is 15.0 Å². The molecule has 2 atom stereocenters. The average Bonchev–Trinajstić information content (AvgIpc) is 2.77. The molecule has 1 N–H and O–H groups in total. The fourth-order valence-corrected chi connectivity index (χ4v) is 4.17. The number of carbonyl (C=O) groups excluding carboxylic acids is 1. The zero-order valence-corrected chi connectivity index (χ0v) is 17.8. The van der Waals surface area contributed by atoms with Gasteiger partial charge in [-0.3, -0.25) is 4.79 Å². The number of hydrogen-bond donors (Lipinski definition) is 1. The maximum absolute atomic E-state index is 12.4. The molecule has 1 heterocycles. The summed E-state index contributed by atoms with van der Waals surface area (Å²) in [7, 11) is 0. The molecule has 3 aromatic rings. The first kappa shape index (κ1) is 20.3. The van der Waals surface area contributed by atoms with Gasteiger partial charge in [-0.1, -0.05) is 49.4 Å². The summed E-state index contributed by atoms with van der Waals surface area (Å²) in [5.41, 5.74) is 2.37. The van der Waals surface area contributed by atoms with Gasteiger partial charge in [0.05, 0.1) is 6.04 Å². The third kappa shape index (κ3) is 4.93. The molecule has 1 saturated heterocycles. The van der Waals surface area contributed by atoms with Crippen molar-refractivity contribution in [2.24, 2.45) is 5.92 Å². The molecule has 3 aromatic carbocycles. The number of rotatable bonds is 6. The van der Waals surface area contributed by atoms with Crippen LogP contribution in [0.2, 0.25) is 0 Å². The van der Waals surface area contributed by atoms with Crippen molar-refractivity contribution in [3.8, 4) is 5.75 Å². The van der Waals surface area contributed by atoms with E-state index in [1.165, 1.54) is 18.5 Å². The molecule has 0 bridgehead atoms. The van der Waals surface area contributed by atoms with E-state index in [9.17, 15) is 4.79 Å². The van der Waals surface area contributed by atoms with Crippen LogP contribution in [0.4, 0.5) is 5.69 Å². The van der Waals surface area contributed by atoms with Gasteiger partial charge in [0.25, 0.3) is 5.91 Å². The Morgan fingerprint density at radius 3 is 2.63 bits per heavy atom. The topological polar surface area (TPSA) is 41.6 Å². The Bertz CT molecular complexity index is 999. The normalized spacial score (nSPS) is 17.5. The van der Waals surface area contributed by atoms with Gasteiger partial charge in [0.15, 0.2) is 6.61 Å². The second-order valence-corrected chi connectivity index (χ2v) is 8.37. The lowest BCUT2D eigenvalue weighted by Gasteiger charge is -2.33. The molecule has 156 valence electrons. The summed E-state index contributed by atoms with van der Waals surface area (Å²) in [4.78, 5) is 14.8. The predicted octanol–water partition coefficient (Wildman–Crippen LogP) is 5.33. The number of nitrogens with one attached hydrogen (secondary N) is 1. The lowest BCUT2D eigenvalue weighted by atomic mass is 9.99. The molecule has 4 nitrogen and oxygen atoms in total. The van der Waals surface area contributed by atoms with Gasteiger partial charge in [0, 0.05) is 18.8 Å². The SMILES string of the molecule is C[C@H]1CCCN(c2ccc([C@H](C)NC(=O)COc3ccc4ccccc4c3)cc2)C1. The zero-order chi connectivity index (χ0) is 20.9. The van der Waals surface area contributed by atoms with Crippen molar-refractivity contribution in [3.05, 3.63) is 72.3 Å². The summed E-state index contributed by atoms with van der Waals surface area (Å²) in [6, 6.07) is 22.5. The Hall–Kier alpha value is -3.01. The Morgan fingerprint density at radius 1 is 1.10 bits per heavy atom. The number of amides is 1. The highest BCUT2D eigenvalue weighted by molar-refractivity contribution is 5.84. The van der Waals surface area contributed by atoms with Crippen molar-refractivity contribution in [1.29, 1.82) is 0 Å². The Kier molecular flexibility index (Phi) is 6.22. The van der Waals surface area contributed by atoms with Gasteiger partial charge in [0.1, 0.15) is 5.75 Å². The first-order valence-corrected chi connectivity index (χ1v) is 10.8. The molecular weight excluding hydrogens is 372 g/mol. The highest BCUT2D eigenvalue weighted by Crippen LogP contribution is 2.25. The average molecular weight is 403 g/mol. The van der Waals surface area contributed by atoms with Crippen LogP contribution in [-0.2, 0) is 4.79 Å². The Labute approximate surface area is 178 Å². The molecule has 1 aliphatic heterocycles. The standard InChI is InChI=1S/C26H30N2O2/c1-19-6-5-15-28(17-19)24-12-9-21(10-13-24)20(2)27-26(29)18-30-25-14-11-22-7-3-4-8-23(22)16-25/h3-4,7-14,16,19-20H,5-6,15,17-18H2,1-2H3,(H,27,29)/t19-,20-/m0/s1. The molecule has 0 saturated carbocycles. The van der Waals surface area contributed by atoms with Crippen LogP contribution in [0.5, 0.6) is 5.75 Å². The molecule has 1 amide bonds. The van der Waals surface area contributed by atoms with Gasteiger partial charge in [-0.15, -0.1) is 0 Å². The van der Waals surface area contributed by atoms with Crippen LogP contribution >= 0.6 is 0 Å². The molecule has 0 unspecified atom stereocenters. The molecular formula is C26H30N2O2. The number of benzene rings is 3. The van der Waals surface area contributed by atoms with Gasteiger partial charge >= 0.3 is 0 Å². The lowest BCUT2D eigenvalue weighted by molar-refractivity contribution is -0.123. The minimum Gasteiger partial charge on any atom is -0.484 e. The Morgan fingerprint density at radius 2 is 1.87 bits per heavy atom. The molecule has 0 aromatic heterocycles. The number of piperidine rings is 1. The summed E-state index contributed by atoms with van der Waals surface area (Å²) in [6.07, 6.45) is 2.57. The fourth-order valence-electron chi connectivity index (χ4n) is 4.17. The van der Waals surface area contributed by atoms with E-state index in [4.69, 9.17) is 4.74 Å². The first-order chi connectivity index (χ1) is 14.6. The van der Waals surface area contributed by atoms with Crippen LogP contribution in [0.15, 0.2) is 66.7 Å². The minimum atomic E-state index is -0.121. The van der Waals surface area contributed by atoms with Crippen molar-refractivity contribution < 1.29 is 9.53 Å². The van der Waals surface area contributed by atoms with Gasteiger partial charge in [-0.25, -0.2) is 0 Å². The van der Waals surface area contributed by atoms with Gasteiger partial charge in [-0.05, 0) is 66.3 Å². The zero-order valence-electron chi connectivity index (χ0n) is 17.8. The number of anilines is 1. The van der Waals surface area contributed by atoms with E-state index in [0.717, 1.165) is 35.3 Å². The molecule has 0 aliphatic carbocycles. The Balaban J connectivity index is 1.30. The van der Waals surface area contributed by atoms with E-state index < -0.39 is 0 Å². The molecule has 0 radical (unpaired) electrons. The summed E-state index contributed by atoms with van der Waals surface area (Å²) in [6.45, 7) is 6.58. The molecule has 30 heavy (non-hydrogen) atoms. The number of nitrogens with zero attached hydrogens (tertiary/aromatic N) is 1. The maximum Gasteiger partial charge on any atom is 0.258 e. The van der Waals surface area contributed by atoms with Crippen LogP contribution in [0.3, 0.4) is 0 Å². The molecule has 0 spiro atoms. The number of ether oxygens (including phenoxy) is 1. The van der Waals surface area contributed by atoms with Gasteiger partial charge in [0.2, 0.25) is 0 Å². The molecule has 1 fully saturated rings. The first-order valence-electron chi connectivity index (χ1n) is 10.8. The minimum absolute atomic E-state index is 0.00638. The fraction of sp³-hybridized carbons (Fsp3) is 0.346. The maximum atomic E-state index is 12.4. The highest BCUT2D eigenvalue weighted by atomic mass is 16.5. The predicted molar refractivity (Wildman–Crippen MR) is 123 cm³/mol.